The Morgan fingerprint density at radius 3 is 2.52 bits per heavy atom. The zero-order chi connectivity index (χ0) is 15.1. The normalized spacial score (nSPS) is 12.3. The van der Waals surface area contributed by atoms with E-state index in [1.54, 1.807) is 6.20 Å². The zero-order valence-electron chi connectivity index (χ0n) is 12.2. The van der Waals surface area contributed by atoms with Crippen LogP contribution in [0.15, 0.2) is 42.6 Å². The third-order valence-corrected chi connectivity index (χ3v) is 3.34. The molecule has 0 saturated heterocycles. The maximum Gasteiger partial charge on any atom is 0.126 e. The molecule has 0 aliphatic carbocycles. The lowest BCUT2D eigenvalue weighted by Crippen LogP contribution is -2.23. The molecule has 2 nitrogen and oxygen atoms in total. The largest absolute Gasteiger partial charge is 0.310 e. The minimum Gasteiger partial charge on any atom is -0.310 e. The molecule has 4 heteroatoms. The van der Waals surface area contributed by atoms with Gasteiger partial charge in [0.2, 0.25) is 0 Å². The first-order chi connectivity index (χ1) is 10.2. The third-order valence-electron chi connectivity index (χ3n) is 3.34. The predicted molar refractivity (Wildman–Crippen MR) is 80.0 cm³/mol. The van der Waals surface area contributed by atoms with Crippen molar-refractivity contribution in [2.45, 2.75) is 32.2 Å². The Bertz CT molecular complexity index is 538. The summed E-state index contributed by atoms with van der Waals surface area (Å²) >= 11 is 0. The molecule has 1 heterocycles. The third kappa shape index (κ3) is 4.90. The Morgan fingerprint density at radius 2 is 1.90 bits per heavy atom. The molecule has 2 rings (SSSR count). The molecule has 1 atom stereocenters. The molecule has 0 spiro atoms. The van der Waals surface area contributed by atoms with E-state index in [1.165, 1.54) is 12.1 Å². The van der Waals surface area contributed by atoms with Gasteiger partial charge in [-0.2, -0.15) is 0 Å². The lowest BCUT2D eigenvalue weighted by molar-refractivity contribution is 0.488. The standard InChI is InChI=1S/C17H20F2N2/c1-2-8-21-17(7-6-16-5-3-4-9-20-16)13-10-14(18)12-15(19)11-13/h3-5,9-12,17,21H,2,6-8H2,1H3. The van der Waals surface area contributed by atoms with E-state index in [1.807, 2.05) is 18.2 Å². The number of pyridine rings is 1. The summed E-state index contributed by atoms with van der Waals surface area (Å²) in [6.45, 7) is 2.87. The number of nitrogens with one attached hydrogen (secondary N) is 1. The van der Waals surface area contributed by atoms with Gasteiger partial charge in [-0.1, -0.05) is 13.0 Å². The summed E-state index contributed by atoms with van der Waals surface area (Å²) in [5, 5.41) is 3.35. The van der Waals surface area contributed by atoms with Gasteiger partial charge in [-0.05, 0) is 55.6 Å². The number of benzene rings is 1. The highest BCUT2D eigenvalue weighted by molar-refractivity contribution is 5.22. The van der Waals surface area contributed by atoms with Gasteiger partial charge in [-0.25, -0.2) is 8.78 Å². The summed E-state index contributed by atoms with van der Waals surface area (Å²) in [5.41, 5.74) is 1.63. The van der Waals surface area contributed by atoms with Crippen LogP contribution >= 0.6 is 0 Å². The van der Waals surface area contributed by atoms with E-state index in [0.29, 0.717) is 5.56 Å². The molecule has 0 amide bonds. The van der Waals surface area contributed by atoms with E-state index in [-0.39, 0.29) is 6.04 Å². The van der Waals surface area contributed by atoms with Crippen molar-refractivity contribution in [2.75, 3.05) is 6.54 Å². The number of halogens is 2. The van der Waals surface area contributed by atoms with Crippen molar-refractivity contribution >= 4 is 0 Å². The molecule has 0 fully saturated rings. The molecule has 0 radical (unpaired) electrons. The Hall–Kier alpha value is -1.81. The van der Waals surface area contributed by atoms with Gasteiger partial charge in [0.1, 0.15) is 11.6 Å². The fraction of sp³-hybridized carbons (Fsp3) is 0.353. The highest BCUT2D eigenvalue weighted by atomic mass is 19.1. The molecule has 0 bridgehead atoms. The van der Waals surface area contributed by atoms with Gasteiger partial charge in [-0.15, -0.1) is 0 Å². The summed E-state index contributed by atoms with van der Waals surface area (Å²) in [7, 11) is 0. The van der Waals surface area contributed by atoms with Crippen molar-refractivity contribution in [2.24, 2.45) is 0 Å². The molecule has 1 aromatic heterocycles. The lowest BCUT2D eigenvalue weighted by atomic mass is 10.00. The monoisotopic (exact) mass is 290 g/mol. The molecule has 0 saturated carbocycles. The molecule has 21 heavy (non-hydrogen) atoms. The number of aromatic nitrogens is 1. The van der Waals surface area contributed by atoms with Crippen LogP contribution in [0.4, 0.5) is 8.78 Å². The molecule has 0 aliphatic heterocycles. The Morgan fingerprint density at radius 1 is 1.14 bits per heavy atom. The molecular formula is C17H20F2N2. The van der Waals surface area contributed by atoms with Crippen LogP contribution in [0.3, 0.4) is 0 Å². The fourth-order valence-corrected chi connectivity index (χ4v) is 2.32. The van der Waals surface area contributed by atoms with Crippen molar-refractivity contribution in [1.82, 2.24) is 10.3 Å². The number of hydrogen-bond acceptors (Lipinski definition) is 2. The predicted octanol–water partition coefficient (Wildman–Crippen LogP) is 4.03. The summed E-state index contributed by atoms with van der Waals surface area (Å²) in [5.74, 6) is -1.07. The van der Waals surface area contributed by atoms with E-state index >= 15 is 0 Å². The molecule has 1 N–H and O–H groups in total. The Kier molecular flexibility index (Phi) is 5.81. The second kappa shape index (κ2) is 7.84. The van der Waals surface area contributed by atoms with Gasteiger partial charge in [0.15, 0.2) is 0 Å². The van der Waals surface area contributed by atoms with Gasteiger partial charge in [0.25, 0.3) is 0 Å². The first kappa shape index (κ1) is 15.6. The number of hydrogen-bond donors (Lipinski definition) is 1. The number of nitrogens with zero attached hydrogens (tertiary/aromatic N) is 1. The fourth-order valence-electron chi connectivity index (χ4n) is 2.32. The van der Waals surface area contributed by atoms with Crippen molar-refractivity contribution < 1.29 is 8.78 Å². The minimum atomic E-state index is -0.536. The Balaban J connectivity index is 2.10. The van der Waals surface area contributed by atoms with Crippen LogP contribution in [0.2, 0.25) is 0 Å². The quantitative estimate of drug-likeness (QED) is 0.832. The Labute approximate surface area is 124 Å². The molecule has 0 aliphatic rings. The molecule has 1 aromatic carbocycles. The van der Waals surface area contributed by atoms with E-state index in [0.717, 1.165) is 37.6 Å². The SMILES string of the molecule is CCCNC(CCc1ccccn1)c1cc(F)cc(F)c1. The van der Waals surface area contributed by atoms with Crippen LogP contribution in [0, 0.1) is 11.6 Å². The molecule has 2 aromatic rings. The molecular weight excluding hydrogens is 270 g/mol. The van der Waals surface area contributed by atoms with E-state index in [9.17, 15) is 8.78 Å². The lowest BCUT2D eigenvalue weighted by Gasteiger charge is -2.19. The summed E-state index contributed by atoms with van der Waals surface area (Å²) in [4.78, 5) is 4.28. The summed E-state index contributed by atoms with van der Waals surface area (Å²) < 4.78 is 26.8. The zero-order valence-corrected chi connectivity index (χ0v) is 12.2. The van der Waals surface area contributed by atoms with Gasteiger partial charge in [-0.3, -0.25) is 4.98 Å². The maximum atomic E-state index is 13.4. The highest BCUT2D eigenvalue weighted by Crippen LogP contribution is 2.21. The van der Waals surface area contributed by atoms with Crippen LogP contribution in [0.25, 0.3) is 0 Å². The van der Waals surface area contributed by atoms with Crippen molar-refractivity contribution in [3.8, 4) is 0 Å². The smallest absolute Gasteiger partial charge is 0.126 e. The van der Waals surface area contributed by atoms with Gasteiger partial charge in [0.05, 0.1) is 0 Å². The van der Waals surface area contributed by atoms with Gasteiger partial charge in [0, 0.05) is 24.0 Å². The van der Waals surface area contributed by atoms with E-state index in [2.05, 4.69) is 17.2 Å². The van der Waals surface area contributed by atoms with Crippen molar-refractivity contribution in [1.29, 1.82) is 0 Å². The van der Waals surface area contributed by atoms with Crippen molar-refractivity contribution in [3.63, 3.8) is 0 Å². The second-order valence-corrected chi connectivity index (χ2v) is 5.07. The second-order valence-electron chi connectivity index (χ2n) is 5.07. The van der Waals surface area contributed by atoms with Gasteiger partial charge >= 0.3 is 0 Å². The number of rotatable bonds is 7. The number of aryl methyl sites for hydroxylation is 1. The van der Waals surface area contributed by atoms with E-state index < -0.39 is 11.6 Å². The molecule has 112 valence electrons. The van der Waals surface area contributed by atoms with Crippen LogP contribution in [-0.4, -0.2) is 11.5 Å². The summed E-state index contributed by atoms with van der Waals surface area (Å²) in [6, 6.07) is 9.40. The van der Waals surface area contributed by atoms with Crippen LogP contribution < -0.4 is 5.32 Å². The average molecular weight is 290 g/mol. The van der Waals surface area contributed by atoms with Gasteiger partial charge < -0.3 is 5.32 Å². The summed E-state index contributed by atoms with van der Waals surface area (Å²) in [6.07, 6.45) is 4.24. The average Bonchev–Trinajstić information content (AvgIpc) is 2.47. The van der Waals surface area contributed by atoms with Crippen LogP contribution in [-0.2, 0) is 6.42 Å². The molecule has 1 unspecified atom stereocenters. The van der Waals surface area contributed by atoms with Crippen molar-refractivity contribution in [3.05, 3.63) is 65.5 Å². The minimum absolute atomic E-state index is 0.0721. The van der Waals surface area contributed by atoms with E-state index in [4.69, 9.17) is 0 Å². The first-order valence-electron chi connectivity index (χ1n) is 7.28. The topological polar surface area (TPSA) is 24.9 Å². The van der Waals surface area contributed by atoms with Crippen LogP contribution in [0.1, 0.15) is 37.1 Å². The highest BCUT2D eigenvalue weighted by Gasteiger charge is 2.13. The maximum absolute atomic E-state index is 13.4. The van der Waals surface area contributed by atoms with Crippen LogP contribution in [0.5, 0.6) is 0 Å². The first-order valence-corrected chi connectivity index (χ1v) is 7.28.